The molecule has 254 valence electrons. The van der Waals surface area contributed by atoms with Crippen molar-refractivity contribution >= 4 is 65.2 Å². The normalized spacial score (nSPS) is 11.9. The average Bonchev–Trinajstić information content (AvgIpc) is 3.19. The second kappa shape index (κ2) is 13.0. The molecule has 0 aliphatic heterocycles. The third-order valence-electron chi connectivity index (χ3n) is 10.9. The summed E-state index contributed by atoms with van der Waals surface area (Å²) in [5, 5.41) is 7.46. The second-order valence-corrected chi connectivity index (χ2v) is 14.1. The van der Waals surface area contributed by atoms with Gasteiger partial charge in [-0.2, -0.15) is 0 Å². The van der Waals surface area contributed by atoms with Gasteiger partial charge in [0.05, 0.1) is 22.1 Å². The van der Waals surface area contributed by atoms with Crippen LogP contribution in [0.5, 0.6) is 0 Å². The summed E-state index contributed by atoms with van der Waals surface area (Å²) in [6, 6.07) is 46.3. The molecule has 2 aromatic heterocycles. The van der Waals surface area contributed by atoms with Crippen LogP contribution in [-0.4, -0.2) is 9.13 Å². The molecule has 0 saturated heterocycles. The number of rotatable bonds is 8. The number of unbranched alkanes of at least 4 members (excludes halogenated alkanes) is 2. The van der Waals surface area contributed by atoms with Crippen LogP contribution in [0.3, 0.4) is 0 Å². The summed E-state index contributed by atoms with van der Waals surface area (Å²) in [6.45, 7) is 5.89. The van der Waals surface area contributed by atoms with E-state index in [1.54, 1.807) is 0 Å². The SMILES string of the molecule is CCCCn1c2ccc(-c3ccc4ccccc4c3)cc2c(=O)c2cc3c(cc21)c(=O)c1cc(-c2ccc4ccccc4c2)ccc1n3CCCC. The van der Waals surface area contributed by atoms with E-state index in [0.29, 0.717) is 21.5 Å². The van der Waals surface area contributed by atoms with Crippen LogP contribution in [0.2, 0.25) is 0 Å². The van der Waals surface area contributed by atoms with E-state index in [1.165, 1.54) is 21.5 Å². The molecule has 7 aromatic carbocycles. The van der Waals surface area contributed by atoms with Gasteiger partial charge in [0.25, 0.3) is 0 Å². The molecule has 0 saturated carbocycles. The largest absolute Gasteiger partial charge is 0.340 e. The van der Waals surface area contributed by atoms with Crippen molar-refractivity contribution < 1.29 is 0 Å². The number of nitrogens with zero attached hydrogens (tertiary/aromatic N) is 2. The number of hydrogen-bond acceptors (Lipinski definition) is 2. The molecule has 4 nitrogen and oxygen atoms in total. The van der Waals surface area contributed by atoms with Crippen molar-refractivity contribution in [2.45, 2.75) is 52.6 Å². The van der Waals surface area contributed by atoms with E-state index in [9.17, 15) is 9.59 Å². The lowest BCUT2D eigenvalue weighted by Crippen LogP contribution is -2.16. The fourth-order valence-corrected chi connectivity index (χ4v) is 8.05. The molecule has 0 atom stereocenters. The Bertz CT molecular complexity index is 2780. The van der Waals surface area contributed by atoms with E-state index in [0.717, 1.165) is 83.1 Å². The maximum atomic E-state index is 14.6. The summed E-state index contributed by atoms with van der Waals surface area (Å²) < 4.78 is 4.54. The highest BCUT2D eigenvalue weighted by Gasteiger charge is 2.18. The molecule has 0 aliphatic rings. The number of benzene rings is 7. The molecule has 9 aromatic rings. The number of hydrogen-bond donors (Lipinski definition) is 0. The Hall–Kier alpha value is -6.00. The van der Waals surface area contributed by atoms with E-state index in [4.69, 9.17) is 0 Å². The third-order valence-corrected chi connectivity index (χ3v) is 10.9. The van der Waals surface area contributed by atoms with E-state index >= 15 is 0 Å². The standard InChI is InChI=1S/C48H40N2O2/c1-3-5-23-49-43-21-19-37(35-17-15-31-11-7-9-13-33(31)25-35)27-39(43)47(51)41-30-46-42(29-45(41)49)48(52)40-28-38(20-22-44(40)50(46)24-6-4-2)36-18-16-32-12-8-10-14-34(32)26-36/h7-22,25-30H,3-6,23-24H2,1-2H3. The lowest BCUT2D eigenvalue weighted by atomic mass is 9.97. The van der Waals surface area contributed by atoms with Gasteiger partial charge in [-0.1, -0.05) is 112 Å². The van der Waals surface area contributed by atoms with Gasteiger partial charge in [-0.25, -0.2) is 0 Å². The van der Waals surface area contributed by atoms with Gasteiger partial charge in [0.15, 0.2) is 10.9 Å². The predicted octanol–water partition coefficient (Wildman–Crippen LogP) is 11.9. The minimum absolute atomic E-state index is 0.00327. The van der Waals surface area contributed by atoms with E-state index in [1.807, 2.05) is 12.1 Å². The zero-order chi connectivity index (χ0) is 35.3. The first-order chi connectivity index (χ1) is 25.5. The maximum Gasteiger partial charge on any atom is 0.197 e. The summed E-state index contributed by atoms with van der Waals surface area (Å²) in [4.78, 5) is 29.2. The van der Waals surface area contributed by atoms with Crippen LogP contribution in [0.15, 0.2) is 143 Å². The predicted molar refractivity (Wildman–Crippen MR) is 221 cm³/mol. The second-order valence-electron chi connectivity index (χ2n) is 14.1. The number of pyridine rings is 2. The van der Waals surface area contributed by atoms with Gasteiger partial charge in [-0.3, -0.25) is 9.59 Å². The Balaban J connectivity index is 1.30. The molecule has 0 radical (unpaired) electrons. The first-order valence-electron chi connectivity index (χ1n) is 18.6. The van der Waals surface area contributed by atoms with E-state index < -0.39 is 0 Å². The van der Waals surface area contributed by atoms with Crippen molar-refractivity contribution in [3.05, 3.63) is 154 Å². The molecule has 4 heteroatoms. The van der Waals surface area contributed by atoms with Crippen molar-refractivity contribution in [3.8, 4) is 22.3 Å². The molecule has 0 aliphatic carbocycles. The van der Waals surface area contributed by atoms with Crippen LogP contribution in [0.25, 0.3) is 87.4 Å². The zero-order valence-electron chi connectivity index (χ0n) is 29.7. The smallest absolute Gasteiger partial charge is 0.197 e. The highest BCUT2D eigenvalue weighted by Crippen LogP contribution is 2.32. The fraction of sp³-hybridized carbons (Fsp3) is 0.167. The highest BCUT2D eigenvalue weighted by molar-refractivity contribution is 6.05. The van der Waals surface area contributed by atoms with E-state index in [-0.39, 0.29) is 10.9 Å². The fourth-order valence-electron chi connectivity index (χ4n) is 8.05. The van der Waals surface area contributed by atoms with Gasteiger partial charge in [-0.15, -0.1) is 0 Å². The summed E-state index contributed by atoms with van der Waals surface area (Å²) in [5.74, 6) is 0. The van der Waals surface area contributed by atoms with Crippen molar-refractivity contribution in [1.29, 1.82) is 0 Å². The minimum Gasteiger partial charge on any atom is -0.340 e. The first-order valence-corrected chi connectivity index (χ1v) is 18.6. The van der Waals surface area contributed by atoms with Crippen LogP contribution in [-0.2, 0) is 13.1 Å². The van der Waals surface area contributed by atoms with Gasteiger partial charge in [0.2, 0.25) is 0 Å². The summed E-state index contributed by atoms with van der Waals surface area (Å²) in [5.41, 5.74) is 7.66. The molecule has 0 bridgehead atoms. The summed E-state index contributed by atoms with van der Waals surface area (Å²) in [7, 11) is 0. The van der Waals surface area contributed by atoms with Gasteiger partial charge in [0, 0.05) is 34.6 Å². The number of aromatic nitrogens is 2. The Morgan fingerprint density at radius 3 is 1.17 bits per heavy atom. The van der Waals surface area contributed by atoms with Crippen LogP contribution in [0, 0.1) is 0 Å². The molecule has 0 N–H and O–H groups in total. The Labute approximate surface area is 302 Å². The van der Waals surface area contributed by atoms with Crippen molar-refractivity contribution in [3.63, 3.8) is 0 Å². The zero-order valence-corrected chi connectivity index (χ0v) is 29.7. The first kappa shape index (κ1) is 31.9. The topological polar surface area (TPSA) is 44.0 Å². The van der Waals surface area contributed by atoms with Crippen molar-refractivity contribution in [2.24, 2.45) is 0 Å². The molecule has 0 amide bonds. The number of aryl methyl sites for hydroxylation is 2. The van der Waals surface area contributed by atoms with Crippen molar-refractivity contribution in [1.82, 2.24) is 9.13 Å². The van der Waals surface area contributed by atoms with Crippen LogP contribution in [0.4, 0.5) is 0 Å². The summed E-state index contributed by atoms with van der Waals surface area (Å²) >= 11 is 0. The van der Waals surface area contributed by atoms with Gasteiger partial charge in [-0.05, 0) is 105 Å². The Kier molecular flexibility index (Phi) is 7.96. The van der Waals surface area contributed by atoms with Gasteiger partial charge in [0.1, 0.15) is 0 Å². The van der Waals surface area contributed by atoms with Crippen LogP contribution >= 0.6 is 0 Å². The van der Waals surface area contributed by atoms with Gasteiger partial charge < -0.3 is 9.13 Å². The number of fused-ring (bicyclic) bond motifs is 6. The lowest BCUT2D eigenvalue weighted by Gasteiger charge is -2.19. The van der Waals surface area contributed by atoms with Crippen molar-refractivity contribution in [2.75, 3.05) is 0 Å². The quantitative estimate of drug-likeness (QED) is 0.150. The molecule has 52 heavy (non-hydrogen) atoms. The lowest BCUT2D eigenvalue weighted by molar-refractivity contribution is 0.660. The molecule has 0 fully saturated rings. The van der Waals surface area contributed by atoms with Crippen LogP contribution < -0.4 is 10.9 Å². The molecule has 0 spiro atoms. The molecule has 9 rings (SSSR count). The molecular formula is C48H40N2O2. The Morgan fingerprint density at radius 2 is 0.750 bits per heavy atom. The Morgan fingerprint density at radius 1 is 0.385 bits per heavy atom. The summed E-state index contributed by atoms with van der Waals surface area (Å²) in [6.07, 6.45) is 3.96. The third kappa shape index (κ3) is 5.29. The van der Waals surface area contributed by atoms with E-state index in [2.05, 4.69) is 144 Å². The molecular weight excluding hydrogens is 637 g/mol. The van der Waals surface area contributed by atoms with Gasteiger partial charge >= 0.3 is 0 Å². The van der Waals surface area contributed by atoms with Crippen LogP contribution in [0.1, 0.15) is 39.5 Å². The highest BCUT2D eigenvalue weighted by atomic mass is 16.1. The monoisotopic (exact) mass is 676 g/mol. The maximum absolute atomic E-state index is 14.6. The molecule has 0 unspecified atom stereocenters. The average molecular weight is 677 g/mol. The molecule has 2 heterocycles. The minimum atomic E-state index is 0.00327.